The number of nitrogens with zero attached hydrogens (tertiary/aromatic N) is 1. The smallest absolute Gasteiger partial charge is 0.0712 e. The van der Waals surface area contributed by atoms with E-state index in [1.54, 1.807) is 0 Å². The fourth-order valence-corrected chi connectivity index (χ4v) is 3.43. The molecule has 1 aliphatic heterocycles. The van der Waals surface area contributed by atoms with E-state index in [0.29, 0.717) is 6.04 Å². The van der Waals surface area contributed by atoms with Crippen molar-refractivity contribution in [2.45, 2.75) is 44.8 Å². The van der Waals surface area contributed by atoms with Crippen LogP contribution < -0.4 is 0 Å². The van der Waals surface area contributed by atoms with Crippen molar-refractivity contribution in [1.82, 2.24) is 4.90 Å². The van der Waals surface area contributed by atoms with E-state index < -0.39 is 5.60 Å². The van der Waals surface area contributed by atoms with Crippen LogP contribution >= 0.6 is 0 Å². The third-order valence-corrected chi connectivity index (χ3v) is 4.86. The maximum atomic E-state index is 11.0. The van der Waals surface area contributed by atoms with Gasteiger partial charge in [0.15, 0.2) is 0 Å². The van der Waals surface area contributed by atoms with E-state index in [0.717, 1.165) is 32.4 Å². The molecule has 0 aromatic heterocycles. The van der Waals surface area contributed by atoms with Gasteiger partial charge in [-0.15, -0.1) is 0 Å². The topological polar surface area (TPSA) is 23.5 Å². The number of rotatable bonds is 3. The molecule has 1 fully saturated rings. The zero-order valence-electron chi connectivity index (χ0n) is 13.0. The molecule has 1 saturated heterocycles. The summed E-state index contributed by atoms with van der Waals surface area (Å²) < 4.78 is 0. The molecule has 21 heavy (non-hydrogen) atoms. The van der Waals surface area contributed by atoms with Crippen LogP contribution in [-0.4, -0.2) is 34.7 Å². The van der Waals surface area contributed by atoms with Gasteiger partial charge in [-0.1, -0.05) is 42.5 Å². The Hall–Kier alpha value is -1.38. The Morgan fingerprint density at radius 3 is 2.43 bits per heavy atom. The number of fused-ring (bicyclic) bond motifs is 1. The number of likely N-dealkylation sites (tertiary alicyclic amines) is 1. The van der Waals surface area contributed by atoms with Gasteiger partial charge in [0.05, 0.1) is 5.60 Å². The lowest BCUT2D eigenvalue weighted by atomic mass is 9.83. The molecule has 1 heterocycles. The van der Waals surface area contributed by atoms with Crippen LogP contribution in [0.1, 0.15) is 32.3 Å². The van der Waals surface area contributed by atoms with Gasteiger partial charge in [0.2, 0.25) is 0 Å². The third kappa shape index (κ3) is 3.12. The first-order chi connectivity index (χ1) is 10.1. The SMILES string of the molecule is CC(C)N1CCC(O)(Cc2cccc3ccccc23)CC1. The van der Waals surface area contributed by atoms with Gasteiger partial charge >= 0.3 is 0 Å². The summed E-state index contributed by atoms with van der Waals surface area (Å²) in [6, 6.07) is 15.4. The fourth-order valence-electron chi connectivity index (χ4n) is 3.43. The fraction of sp³-hybridized carbons (Fsp3) is 0.474. The van der Waals surface area contributed by atoms with Crippen molar-refractivity contribution in [3.63, 3.8) is 0 Å². The summed E-state index contributed by atoms with van der Waals surface area (Å²) in [4.78, 5) is 2.46. The second kappa shape index (κ2) is 5.78. The van der Waals surface area contributed by atoms with Crippen molar-refractivity contribution in [1.29, 1.82) is 0 Å². The van der Waals surface area contributed by atoms with Crippen LogP contribution in [0.4, 0.5) is 0 Å². The Labute approximate surface area is 127 Å². The predicted molar refractivity (Wildman–Crippen MR) is 88.5 cm³/mol. The van der Waals surface area contributed by atoms with E-state index in [2.05, 4.69) is 61.2 Å². The summed E-state index contributed by atoms with van der Waals surface area (Å²) in [6.07, 6.45) is 2.50. The molecular formula is C19H25NO. The minimum Gasteiger partial charge on any atom is -0.389 e. The molecule has 1 N–H and O–H groups in total. The molecule has 0 amide bonds. The Morgan fingerprint density at radius 2 is 1.71 bits per heavy atom. The Morgan fingerprint density at radius 1 is 1.05 bits per heavy atom. The summed E-state index contributed by atoms with van der Waals surface area (Å²) >= 11 is 0. The van der Waals surface area contributed by atoms with Crippen LogP contribution in [0.5, 0.6) is 0 Å². The first-order valence-corrected chi connectivity index (χ1v) is 8.00. The highest BCUT2D eigenvalue weighted by Gasteiger charge is 2.33. The highest BCUT2D eigenvalue weighted by molar-refractivity contribution is 5.85. The van der Waals surface area contributed by atoms with E-state index in [1.165, 1.54) is 16.3 Å². The van der Waals surface area contributed by atoms with Gasteiger partial charge in [-0.25, -0.2) is 0 Å². The number of aliphatic hydroxyl groups is 1. The second-order valence-corrected chi connectivity index (χ2v) is 6.67. The number of hydrogen-bond acceptors (Lipinski definition) is 2. The first-order valence-electron chi connectivity index (χ1n) is 8.00. The maximum absolute atomic E-state index is 11.0. The monoisotopic (exact) mass is 283 g/mol. The molecule has 3 rings (SSSR count). The molecule has 0 unspecified atom stereocenters. The lowest BCUT2D eigenvalue weighted by Gasteiger charge is -2.40. The van der Waals surface area contributed by atoms with E-state index in [-0.39, 0.29) is 0 Å². The minimum atomic E-state index is -0.546. The van der Waals surface area contributed by atoms with Crippen LogP contribution in [0.3, 0.4) is 0 Å². The van der Waals surface area contributed by atoms with E-state index >= 15 is 0 Å². The number of hydrogen-bond donors (Lipinski definition) is 1. The highest BCUT2D eigenvalue weighted by Crippen LogP contribution is 2.30. The summed E-state index contributed by atoms with van der Waals surface area (Å²) in [7, 11) is 0. The van der Waals surface area contributed by atoms with E-state index in [9.17, 15) is 5.11 Å². The van der Waals surface area contributed by atoms with Gasteiger partial charge in [0.25, 0.3) is 0 Å². The summed E-state index contributed by atoms with van der Waals surface area (Å²) in [5.41, 5.74) is 0.726. The minimum absolute atomic E-state index is 0.546. The number of benzene rings is 2. The van der Waals surface area contributed by atoms with Crippen LogP contribution in [-0.2, 0) is 6.42 Å². The largest absolute Gasteiger partial charge is 0.389 e. The van der Waals surface area contributed by atoms with Crippen LogP contribution in [0, 0.1) is 0 Å². The van der Waals surface area contributed by atoms with Gasteiger partial charge in [-0.3, -0.25) is 0 Å². The molecule has 2 nitrogen and oxygen atoms in total. The Kier molecular flexibility index (Phi) is 4.01. The van der Waals surface area contributed by atoms with Crippen molar-refractivity contribution < 1.29 is 5.11 Å². The maximum Gasteiger partial charge on any atom is 0.0712 e. The molecule has 1 aliphatic rings. The van der Waals surface area contributed by atoms with E-state index in [1.807, 2.05) is 0 Å². The van der Waals surface area contributed by atoms with Gasteiger partial charge < -0.3 is 10.0 Å². The predicted octanol–water partition coefficient (Wildman–Crippen LogP) is 3.62. The van der Waals surface area contributed by atoms with Crippen LogP contribution in [0.15, 0.2) is 42.5 Å². The molecule has 112 valence electrons. The average Bonchev–Trinajstić information content (AvgIpc) is 2.48. The molecule has 0 saturated carbocycles. The molecular weight excluding hydrogens is 258 g/mol. The molecule has 0 radical (unpaired) electrons. The highest BCUT2D eigenvalue weighted by atomic mass is 16.3. The van der Waals surface area contributed by atoms with E-state index in [4.69, 9.17) is 0 Å². The quantitative estimate of drug-likeness (QED) is 0.930. The molecule has 2 heteroatoms. The zero-order valence-corrected chi connectivity index (χ0v) is 13.0. The zero-order chi connectivity index (χ0) is 14.9. The van der Waals surface area contributed by atoms with Crippen molar-refractivity contribution >= 4 is 10.8 Å². The molecule has 0 atom stereocenters. The summed E-state index contributed by atoms with van der Waals surface area (Å²) in [5, 5.41) is 13.5. The molecule has 0 bridgehead atoms. The normalized spacial score (nSPS) is 19.2. The Balaban J connectivity index is 1.79. The molecule has 0 aliphatic carbocycles. The second-order valence-electron chi connectivity index (χ2n) is 6.67. The lowest BCUT2D eigenvalue weighted by Crippen LogP contribution is -2.47. The third-order valence-electron chi connectivity index (χ3n) is 4.86. The number of piperidine rings is 1. The van der Waals surface area contributed by atoms with Crippen LogP contribution in [0.2, 0.25) is 0 Å². The van der Waals surface area contributed by atoms with Gasteiger partial charge in [0, 0.05) is 25.6 Å². The molecule has 0 spiro atoms. The van der Waals surface area contributed by atoms with Crippen molar-refractivity contribution in [2.75, 3.05) is 13.1 Å². The van der Waals surface area contributed by atoms with Gasteiger partial charge in [0.1, 0.15) is 0 Å². The standard InChI is InChI=1S/C19H25NO/c1-15(2)20-12-10-19(21,11-13-20)14-17-8-5-7-16-6-3-4-9-18(16)17/h3-9,15,21H,10-14H2,1-2H3. The van der Waals surface area contributed by atoms with Gasteiger partial charge in [-0.2, -0.15) is 0 Å². The first kappa shape index (κ1) is 14.6. The van der Waals surface area contributed by atoms with Crippen LogP contribution in [0.25, 0.3) is 10.8 Å². The molecule has 2 aromatic rings. The molecule has 2 aromatic carbocycles. The van der Waals surface area contributed by atoms with Crippen molar-refractivity contribution in [3.05, 3.63) is 48.0 Å². The summed E-state index contributed by atoms with van der Waals surface area (Å²) in [5.74, 6) is 0. The van der Waals surface area contributed by atoms with Crippen molar-refractivity contribution in [2.24, 2.45) is 0 Å². The average molecular weight is 283 g/mol. The van der Waals surface area contributed by atoms with Crippen molar-refractivity contribution in [3.8, 4) is 0 Å². The summed E-state index contributed by atoms with van der Waals surface area (Å²) in [6.45, 7) is 6.46. The lowest BCUT2D eigenvalue weighted by molar-refractivity contribution is -0.0269. The Bertz CT molecular complexity index is 606. The van der Waals surface area contributed by atoms with Gasteiger partial charge in [-0.05, 0) is 43.0 Å².